The van der Waals surface area contributed by atoms with Gasteiger partial charge in [-0.05, 0) is 13.0 Å². The van der Waals surface area contributed by atoms with Gasteiger partial charge in [0, 0.05) is 12.3 Å². The normalized spacial score (nSPS) is 10.3. The van der Waals surface area contributed by atoms with Crippen LogP contribution in [-0.4, -0.2) is 21.2 Å². The van der Waals surface area contributed by atoms with E-state index in [0.29, 0.717) is 23.8 Å². The van der Waals surface area contributed by atoms with E-state index in [0.717, 1.165) is 0 Å². The first-order valence-corrected chi connectivity index (χ1v) is 5.49. The summed E-state index contributed by atoms with van der Waals surface area (Å²) >= 11 is 5.93. The summed E-state index contributed by atoms with van der Waals surface area (Å²) in [6.07, 6.45) is 1.38. The topological polar surface area (TPSA) is 88.2 Å². The molecule has 0 aromatic carbocycles. The Morgan fingerprint density at radius 1 is 1.61 bits per heavy atom. The van der Waals surface area contributed by atoms with Crippen molar-refractivity contribution in [3.63, 3.8) is 0 Å². The van der Waals surface area contributed by atoms with E-state index in [1.54, 1.807) is 13.0 Å². The van der Waals surface area contributed by atoms with Crippen molar-refractivity contribution >= 4 is 23.4 Å². The Morgan fingerprint density at radius 3 is 3.00 bits per heavy atom. The first kappa shape index (κ1) is 12.4. The predicted molar refractivity (Wildman–Crippen MR) is 64.8 cm³/mol. The van der Waals surface area contributed by atoms with Gasteiger partial charge >= 0.3 is 5.97 Å². The molecule has 18 heavy (non-hydrogen) atoms. The molecule has 2 N–H and O–H groups in total. The minimum Gasteiger partial charge on any atom is -0.478 e. The van der Waals surface area contributed by atoms with Gasteiger partial charge in [-0.15, -0.1) is 0 Å². The van der Waals surface area contributed by atoms with Gasteiger partial charge in [-0.2, -0.15) is 0 Å². The van der Waals surface area contributed by atoms with Crippen molar-refractivity contribution in [2.24, 2.45) is 0 Å². The molecule has 2 rings (SSSR count). The highest BCUT2D eigenvalue weighted by Gasteiger charge is 2.13. The van der Waals surface area contributed by atoms with Crippen molar-refractivity contribution in [3.8, 4) is 0 Å². The zero-order valence-electron chi connectivity index (χ0n) is 9.48. The molecule has 0 unspecified atom stereocenters. The minimum atomic E-state index is -1.09. The van der Waals surface area contributed by atoms with Crippen molar-refractivity contribution in [3.05, 3.63) is 40.4 Å². The van der Waals surface area contributed by atoms with Gasteiger partial charge in [-0.1, -0.05) is 16.8 Å². The van der Waals surface area contributed by atoms with Crippen LogP contribution in [0.5, 0.6) is 0 Å². The summed E-state index contributed by atoms with van der Waals surface area (Å²) in [5.41, 5.74) is 0.691. The van der Waals surface area contributed by atoms with Gasteiger partial charge in [0.05, 0.1) is 17.1 Å². The van der Waals surface area contributed by atoms with Crippen molar-refractivity contribution in [1.82, 2.24) is 10.1 Å². The van der Waals surface area contributed by atoms with Crippen LogP contribution in [0.25, 0.3) is 0 Å². The Kier molecular flexibility index (Phi) is 3.47. The highest BCUT2D eigenvalue weighted by molar-refractivity contribution is 6.35. The summed E-state index contributed by atoms with van der Waals surface area (Å²) in [5.74, 6) is -0.0925. The van der Waals surface area contributed by atoms with E-state index in [4.69, 9.17) is 21.2 Å². The number of hydrogen-bond acceptors (Lipinski definition) is 5. The Hall–Kier alpha value is -2.08. The molecule has 0 atom stereocenters. The van der Waals surface area contributed by atoms with Crippen molar-refractivity contribution in [1.29, 1.82) is 0 Å². The third kappa shape index (κ3) is 2.60. The molecule has 0 amide bonds. The summed E-state index contributed by atoms with van der Waals surface area (Å²) in [7, 11) is 0. The number of aromatic carboxylic acids is 1. The highest BCUT2D eigenvalue weighted by atomic mass is 35.5. The third-order valence-corrected chi connectivity index (χ3v) is 2.62. The molecule has 2 aromatic heterocycles. The Morgan fingerprint density at radius 2 is 2.39 bits per heavy atom. The van der Waals surface area contributed by atoms with Gasteiger partial charge in [0.25, 0.3) is 0 Å². The molecule has 2 aromatic rings. The van der Waals surface area contributed by atoms with Crippen molar-refractivity contribution in [2.75, 3.05) is 5.32 Å². The number of anilines is 1. The average molecular weight is 268 g/mol. The molecular weight excluding hydrogens is 258 g/mol. The standard InChI is InChI=1S/C11H10ClN3O3/c1-6-4-7(15-18-6)5-14-10-9(12)8(11(16)17)2-3-13-10/h2-4H,5H2,1H3,(H,13,14)(H,16,17). The number of nitrogens with zero attached hydrogens (tertiary/aromatic N) is 2. The fraction of sp³-hybridized carbons (Fsp3) is 0.182. The van der Waals surface area contributed by atoms with Crippen LogP contribution < -0.4 is 5.32 Å². The molecule has 6 nitrogen and oxygen atoms in total. The number of hydrogen-bond donors (Lipinski definition) is 2. The summed E-state index contributed by atoms with van der Waals surface area (Å²) in [5, 5.41) is 15.7. The number of carboxylic acid groups (broad SMARTS) is 1. The van der Waals surface area contributed by atoms with Crippen LogP contribution in [0.15, 0.2) is 22.9 Å². The van der Waals surface area contributed by atoms with Crippen LogP contribution >= 0.6 is 11.6 Å². The van der Waals surface area contributed by atoms with Crippen LogP contribution in [0.1, 0.15) is 21.8 Å². The van der Waals surface area contributed by atoms with Crippen LogP contribution in [-0.2, 0) is 6.54 Å². The summed E-state index contributed by atoms with van der Waals surface area (Å²) < 4.78 is 4.91. The lowest BCUT2D eigenvalue weighted by molar-refractivity contribution is 0.0697. The number of carboxylic acids is 1. The molecule has 0 fully saturated rings. The van der Waals surface area contributed by atoms with E-state index >= 15 is 0 Å². The SMILES string of the molecule is Cc1cc(CNc2nccc(C(=O)O)c2Cl)no1. The van der Waals surface area contributed by atoms with Gasteiger partial charge in [-0.25, -0.2) is 9.78 Å². The Labute approximate surface area is 108 Å². The summed E-state index contributed by atoms with van der Waals surface area (Å²) in [4.78, 5) is 14.9. The summed E-state index contributed by atoms with van der Waals surface area (Å²) in [6, 6.07) is 3.11. The molecule has 94 valence electrons. The first-order valence-electron chi connectivity index (χ1n) is 5.12. The van der Waals surface area contributed by atoms with Crippen LogP contribution in [0.4, 0.5) is 5.82 Å². The lowest BCUT2D eigenvalue weighted by Gasteiger charge is -2.06. The predicted octanol–water partition coefficient (Wildman–Crippen LogP) is 2.34. The molecule has 0 aliphatic rings. The number of rotatable bonds is 4. The van der Waals surface area contributed by atoms with Gasteiger partial charge in [0.2, 0.25) is 0 Å². The molecule has 0 spiro atoms. The zero-order chi connectivity index (χ0) is 13.1. The third-order valence-electron chi connectivity index (χ3n) is 2.23. The van der Waals surface area contributed by atoms with E-state index < -0.39 is 5.97 Å². The fourth-order valence-corrected chi connectivity index (χ4v) is 1.67. The smallest absolute Gasteiger partial charge is 0.337 e. The van der Waals surface area contributed by atoms with E-state index in [1.165, 1.54) is 12.3 Å². The molecule has 7 heteroatoms. The quantitative estimate of drug-likeness (QED) is 0.884. The molecule has 0 aliphatic heterocycles. The summed E-state index contributed by atoms with van der Waals surface area (Å²) in [6.45, 7) is 2.14. The van der Waals surface area contributed by atoms with Gasteiger partial charge < -0.3 is 14.9 Å². The maximum absolute atomic E-state index is 10.9. The van der Waals surface area contributed by atoms with Gasteiger partial charge in [0.1, 0.15) is 17.3 Å². The molecule has 0 bridgehead atoms. The number of carbonyl (C=O) groups is 1. The second-order valence-electron chi connectivity index (χ2n) is 3.61. The lowest BCUT2D eigenvalue weighted by Crippen LogP contribution is -2.05. The highest BCUT2D eigenvalue weighted by Crippen LogP contribution is 2.23. The number of pyridine rings is 1. The number of nitrogens with one attached hydrogen (secondary N) is 1. The van der Waals surface area contributed by atoms with Crippen LogP contribution in [0.2, 0.25) is 5.02 Å². The monoisotopic (exact) mass is 267 g/mol. The number of aryl methyl sites for hydroxylation is 1. The molecule has 2 heterocycles. The van der Waals surface area contributed by atoms with E-state index in [1.807, 2.05) is 0 Å². The Bertz CT molecular complexity index is 583. The van der Waals surface area contributed by atoms with Crippen molar-refractivity contribution < 1.29 is 14.4 Å². The molecule has 0 saturated carbocycles. The lowest BCUT2D eigenvalue weighted by atomic mass is 10.2. The molecular formula is C11H10ClN3O3. The van der Waals surface area contributed by atoms with Crippen LogP contribution in [0.3, 0.4) is 0 Å². The molecule has 0 radical (unpaired) electrons. The Balaban J connectivity index is 2.14. The zero-order valence-corrected chi connectivity index (χ0v) is 10.2. The van der Waals surface area contributed by atoms with Crippen LogP contribution in [0, 0.1) is 6.92 Å². The number of aromatic nitrogens is 2. The van der Waals surface area contributed by atoms with E-state index in [9.17, 15) is 4.79 Å². The van der Waals surface area contributed by atoms with Gasteiger partial charge in [-0.3, -0.25) is 0 Å². The minimum absolute atomic E-state index is 0.00509. The number of halogens is 1. The van der Waals surface area contributed by atoms with E-state index in [2.05, 4.69) is 15.5 Å². The second kappa shape index (κ2) is 5.05. The first-order chi connectivity index (χ1) is 8.58. The second-order valence-corrected chi connectivity index (χ2v) is 3.99. The largest absolute Gasteiger partial charge is 0.478 e. The molecule has 0 saturated heterocycles. The molecule has 0 aliphatic carbocycles. The average Bonchev–Trinajstić information content (AvgIpc) is 2.73. The van der Waals surface area contributed by atoms with E-state index in [-0.39, 0.29) is 10.6 Å². The van der Waals surface area contributed by atoms with Crippen molar-refractivity contribution in [2.45, 2.75) is 13.5 Å². The maximum atomic E-state index is 10.9. The van der Waals surface area contributed by atoms with Gasteiger partial charge in [0.15, 0.2) is 0 Å². The fourth-order valence-electron chi connectivity index (χ4n) is 1.41. The maximum Gasteiger partial charge on any atom is 0.337 e.